The molecule has 1 spiro atoms. The molecule has 0 radical (unpaired) electrons. The van der Waals surface area contributed by atoms with Crippen LogP contribution in [0.25, 0.3) is 0 Å². The number of aryl methyl sites for hydroxylation is 1. The van der Waals surface area contributed by atoms with Gasteiger partial charge in [-0.05, 0) is 36.8 Å². The number of aliphatic imine (C=N–C) groups is 1. The van der Waals surface area contributed by atoms with E-state index in [1.165, 1.54) is 24.0 Å². The maximum absolute atomic E-state index is 6.02. The topological polar surface area (TPSA) is 30.8 Å². The van der Waals surface area contributed by atoms with E-state index in [0.29, 0.717) is 6.08 Å². The highest BCUT2D eigenvalue weighted by molar-refractivity contribution is 5.70. The van der Waals surface area contributed by atoms with Gasteiger partial charge in [-0.3, -0.25) is 0 Å². The van der Waals surface area contributed by atoms with Crippen LogP contribution in [0.2, 0.25) is 0 Å². The molecule has 3 nitrogen and oxygen atoms in total. The molecule has 0 aromatic heterocycles. The Morgan fingerprint density at radius 3 is 2.80 bits per heavy atom. The molecule has 1 aromatic carbocycles. The van der Waals surface area contributed by atoms with E-state index in [1.54, 1.807) is 0 Å². The zero-order chi connectivity index (χ0) is 13.4. The zero-order valence-corrected chi connectivity index (χ0v) is 11.8. The minimum absolute atomic E-state index is 0.0574. The highest BCUT2D eigenvalue weighted by atomic mass is 16.7. The van der Waals surface area contributed by atoms with Crippen LogP contribution in [-0.4, -0.2) is 24.3 Å². The van der Waals surface area contributed by atoms with Crippen LogP contribution in [0.5, 0.6) is 0 Å². The number of benzene rings is 1. The third kappa shape index (κ3) is 2.19. The van der Waals surface area contributed by atoms with Crippen LogP contribution in [0.3, 0.4) is 0 Å². The third-order valence-electron chi connectivity index (χ3n) is 4.90. The van der Waals surface area contributed by atoms with Gasteiger partial charge in [0, 0.05) is 6.42 Å². The average Bonchev–Trinajstić information content (AvgIpc) is 3.09. The van der Waals surface area contributed by atoms with E-state index in [4.69, 9.17) is 14.5 Å². The number of rotatable bonds is 1. The smallest absolute Gasteiger partial charge is 0.384 e. The lowest BCUT2D eigenvalue weighted by atomic mass is 9.90. The van der Waals surface area contributed by atoms with Crippen LogP contribution >= 0.6 is 0 Å². The minimum Gasteiger partial charge on any atom is -0.448 e. The maximum Gasteiger partial charge on any atom is 0.384 e. The second-order valence-electron chi connectivity index (χ2n) is 6.35. The standard InChI is InChI=1S/C17H21NO2/c1-2-6-14-11-15(8-7-13(14)5-1)20-16-18-17(12-19-16)9-3-4-10-17/h1-2,5-6,15H,3-4,7-12H2. The normalized spacial score (nSPS) is 27.0. The highest BCUT2D eigenvalue weighted by Gasteiger charge is 2.40. The molecule has 1 unspecified atom stereocenters. The highest BCUT2D eigenvalue weighted by Crippen LogP contribution is 2.37. The molecule has 1 aromatic rings. The van der Waals surface area contributed by atoms with Crippen LogP contribution in [-0.2, 0) is 22.3 Å². The summed E-state index contributed by atoms with van der Waals surface area (Å²) in [5, 5.41) is 0. The molecule has 4 rings (SSSR count). The van der Waals surface area contributed by atoms with Crippen LogP contribution in [0.1, 0.15) is 43.2 Å². The molecule has 0 saturated heterocycles. The van der Waals surface area contributed by atoms with Gasteiger partial charge >= 0.3 is 6.08 Å². The summed E-state index contributed by atoms with van der Waals surface area (Å²) in [4.78, 5) is 4.74. The molecule has 1 atom stereocenters. The quantitative estimate of drug-likeness (QED) is 0.785. The van der Waals surface area contributed by atoms with E-state index in [2.05, 4.69) is 24.3 Å². The Hall–Kier alpha value is -1.51. The predicted molar refractivity (Wildman–Crippen MR) is 77.9 cm³/mol. The minimum atomic E-state index is 0.0574. The first-order chi connectivity index (χ1) is 9.83. The second-order valence-corrected chi connectivity index (χ2v) is 6.35. The van der Waals surface area contributed by atoms with Gasteiger partial charge in [-0.25, -0.2) is 4.99 Å². The number of nitrogens with zero attached hydrogens (tertiary/aromatic N) is 1. The summed E-state index contributed by atoms with van der Waals surface area (Å²) in [5.74, 6) is 0. The molecular weight excluding hydrogens is 250 g/mol. The molecule has 1 saturated carbocycles. The van der Waals surface area contributed by atoms with Gasteiger partial charge in [0.05, 0.1) is 0 Å². The summed E-state index contributed by atoms with van der Waals surface area (Å²) in [6, 6.07) is 8.66. The van der Waals surface area contributed by atoms with Crippen LogP contribution in [0.15, 0.2) is 29.3 Å². The van der Waals surface area contributed by atoms with Gasteiger partial charge in [0.2, 0.25) is 0 Å². The van der Waals surface area contributed by atoms with E-state index in [-0.39, 0.29) is 11.6 Å². The Morgan fingerprint density at radius 2 is 1.95 bits per heavy atom. The van der Waals surface area contributed by atoms with Gasteiger partial charge < -0.3 is 9.47 Å². The van der Waals surface area contributed by atoms with Crippen molar-refractivity contribution in [2.24, 2.45) is 4.99 Å². The van der Waals surface area contributed by atoms with Crippen LogP contribution < -0.4 is 0 Å². The first kappa shape index (κ1) is 12.2. The maximum atomic E-state index is 6.02. The summed E-state index contributed by atoms with van der Waals surface area (Å²) in [5.41, 5.74) is 2.94. The van der Waals surface area contributed by atoms with Crippen molar-refractivity contribution in [3.8, 4) is 0 Å². The fraction of sp³-hybridized carbons (Fsp3) is 0.588. The van der Waals surface area contributed by atoms with Crippen molar-refractivity contribution >= 4 is 6.08 Å². The molecule has 1 aliphatic heterocycles. The fourth-order valence-electron chi connectivity index (χ4n) is 3.71. The summed E-state index contributed by atoms with van der Waals surface area (Å²) in [7, 11) is 0. The lowest BCUT2D eigenvalue weighted by Gasteiger charge is -2.24. The monoisotopic (exact) mass is 271 g/mol. The van der Waals surface area contributed by atoms with Gasteiger partial charge in [-0.1, -0.05) is 37.1 Å². The molecule has 0 bridgehead atoms. The Morgan fingerprint density at radius 1 is 1.15 bits per heavy atom. The van der Waals surface area contributed by atoms with Gasteiger partial charge in [-0.2, -0.15) is 0 Å². The Kier molecular flexibility index (Phi) is 2.94. The van der Waals surface area contributed by atoms with Crippen molar-refractivity contribution in [1.82, 2.24) is 0 Å². The first-order valence-electron chi connectivity index (χ1n) is 7.79. The lowest BCUT2D eigenvalue weighted by molar-refractivity contribution is 0.107. The van der Waals surface area contributed by atoms with Crippen LogP contribution in [0, 0.1) is 0 Å². The van der Waals surface area contributed by atoms with E-state index in [0.717, 1.165) is 38.7 Å². The van der Waals surface area contributed by atoms with E-state index in [1.807, 2.05) is 0 Å². The largest absolute Gasteiger partial charge is 0.448 e. The second kappa shape index (κ2) is 4.80. The number of hydrogen-bond donors (Lipinski definition) is 0. The van der Waals surface area contributed by atoms with E-state index in [9.17, 15) is 0 Å². The third-order valence-corrected chi connectivity index (χ3v) is 4.90. The molecule has 1 fully saturated rings. The molecule has 20 heavy (non-hydrogen) atoms. The van der Waals surface area contributed by atoms with Gasteiger partial charge in [-0.15, -0.1) is 0 Å². The van der Waals surface area contributed by atoms with Crippen molar-refractivity contribution in [3.63, 3.8) is 0 Å². The molecule has 1 heterocycles. The zero-order valence-electron chi connectivity index (χ0n) is 11.8. The summed E-state index contributed by atoms with van der Waals surface area (Å²) in [6.45, 7) is 0.728. The molecule has 3 aliphatic rings. The summed E-state index contributed by atoms with van der Waals surface area (Å²) >= 11 is 0. The SMILES string of the molecule is c1ccc2c(c1)CCC(OC1=NC3(CCCC3)CO1)C2. The van der Waals surface area contributed by atoms with Gasteiger partial charge in [0.25, 0.3) is 0 Å². The number of hydrogen-bond acceptors (Lipinski definition) is 3. The van der Waals surface area contributed by atoms with Crippen molar-refractivity contribution in [3.05, 3.63) is 35.4 Å². The fourth-order valence-corrected chi connectivity index (χ4v) is 3.71. The summed E-state index contributed by atoms with van der Waals surface area (Å²) in [6.07, 6.45) is 8.78. The van der Waals surface area contributed by atoms with Gasteiger partial charge in [0.15, 0.2) is 0 Å². The summed E-state index contributed by atoms with van der Waals surface area (Å²) < 4.78 is 11.7. The molecule has 106 valence electrons. The van der Waals surface area contributed by atoms with Crippen molar-refractivity contribution in [1.29, 1.82) is 0 Å². The van der Waals surface area contributed by atoms with Crippen molar-refractivity contribution in [2.45, 2.75) is 56.6 Å². The molecule has 3 heteroatoms. The molecule has 0 amide bonds. The average molecular weight is 271 g/mol. The Balaban J connectivity index is 1.44. The first-order valence-corrected chi connectivity index (χ1v) is 7.79. The molecular formula is C17H21NO2. The molecule has 2 aliphatic carbocycles. The predicted octanol–water partition coefficient (Wildman–Crippen LogP) is 3.26. The number of fused-ring (bicyclic) bond motifs is 1. The Bertz CT molecular complexity index is 532. The Labute approximate surface area is 120 Å². The number of ether oxygens (including phenoxy) is 2. The lowest BCUT2D eigenvalue weighted by Crippen LogP contribution is -2.25. The van der Waals surface area contributed by atoms with E-state index < -0.39 is 0 Å². The van der Waals surface area contributed by atoms with Gasteiger partial charge in [0.1, 0.15) is 18.2 Å². The van der Waals surface area contributed by atoms with E-state index >= 15 is 0 Å². The van der Waals surface area contributed by atoms with Crippen molar-refractivity contribution in [2.75, 3.05) is 6.61 Å². The molecule has 0 N–H and O–H groups in total. The van der Waals surface area contributed by atoms with Crippen molar-refractivity contribution < 1.29 is 9.47 Å². The van der Waals surface area contributed by atoms with Crippen LogP contribution in [0.4, 0.5) is 0 Å².